The van der Waals surface area contributed by atoms with Crippen molar-refractivity contribution in [3.63, 3.8) is 0 Å². The minimum atomic E-state index is -0.658. The minimum Gasteiger partial charge on any atom is -0.481 e. The first-order valence-electron chi connectivity index (χ1n) is 8.97. The maximum absolute atomic E-state index is 11.2. The Hall–Kier alpha value is -2.33. The highest BCUT2D eigenvalue weighted by molar-refractivity contribution is 5.78. The van der Waals surface area contributed by atoms with E-state index in [-0.39, 0.29) is 5.92 Å². The lowest BCUT2D eigenvalue weighted by Gasteiger charge is -2.30. The van der Waals surface area contributed by atoms with Crippen molar-refractivity contribution in [2.45, 2.75) is 19.3 Å². The molecule has 2 aromatic rings. The summed E-state index contributed by atoms with van der Waals surface area (Å²) in [6, 6.07) is 14.6. The third-order valence-electron chi connectivity index (χ3n) is 4.95. The van der Waals surface area contributed by atoms with Gasteiger partial charge in [-0.05, 0) is 43.5 Å². The van der Waals surface area contributed by atoms with E-state index in [4.69, 9.17) is 0 Å². The Morgan fingerprint density at radius 2 is 2.04 bits per heavy atom. The van der Waals surface area contributed by atoms with Crippen molar-refractivity contribution >= 4 is 11.5 Å². The summed E-state index contributed by atoms with van der Waals surface area (Å²) in [5.74, 6) is -0.867. The van der Waals surface area contributed by atoms with Crippen molar-refractivity contribution in [1.29, 1.82) is 0 Å². The molecule has 4 heteroatoms. The fraction of sp³-hybridized carbons (Fsp3) is 0.381. The number of hydrogen-bond donors (Lipinski definition) is 1. The van der Waals surface area contributed by atoms with E-state index in [9.17, 15) is 9.90 Å². The van der Waals surface area contributed by atoms with Crippen LogP contribution in [0.15, 0.2) is 54.7 Å². The van der Waals surface area contributed by atoms with Crippen molar-refractivity contribution < 1.29 is 9.90 Å². The van der Waals surface area contributed by atoms with Gasteiger partial charge in [0.1, 0.15) is 0 Å². The smallest absolute Gasteiger partial charge is 0.307 e. The van der Waals surface area contributed by atoms with Gasteiger partial charge in [0, 0.05) is 37.6 Å². The van der Waals surface area contributed by atoms with Crippen LogP contribution in [-0.2, 0) is 11.8 Å². The molecule has 1 aromatic heterocycles. The van der Waals surface area contributed by atoms with Gasteiger partial charge in [0.2, 0.25) is 0 Å². The van der Waals surface area contributed by atoms with E-state index in [0.717, 1.165) is 32.4 Å². The van der Waals surface area contributed by atoms with E-state index in [0.29, 0.717) is 6.54 Å². The molecule has 4 nitrogen and oxygen atoms in total. The number of carboxylic acids is 1. The highest BCUT2D eigenvalue weighted by atomic mass is 16.4. The Morgan fingerprint density at radius 3 is 2.72 bits per heavy atom. The predicted octanol–water partition coefficient (Wildman–Crippen LogP) is 3.64. The van der Waals surface area contributed by atoms with Gasteiger partial charge in [0.15, 0.2) is 0 Å². The van der Waals surface area contributed by atoms with E-state index < -0.39 is 5.97 Å². The van der Waals surface area contributed by atoms with Crippen LogP contribution < -0.4 is 0 Å². The first-order chi connectivity index (χ1) is 12.1. The number of aromatic nitrogens is 1. The fourth-order valence-corrected chi connectivity index (χ4v) is 3.58. The fourth-order valence-electron chi connectivity index (χ4n) is 3.58. The standard InChI is InChI=1S/C21H26N2O2/c1-22-13-7-12-20(22)19(17-8-3-2-4-9-17)11-6-15-23-14-5-10-18(16-23)21(24)25/h2-4,7-9,11-13,18H,5-6,10,14-16H2,1H3,(H,24,25)/b19-11+. The van der Waals surface area contributed by atoms with Crippen LogP contribution in [0.3, 0.4) is 0 Å². The molecular weight excluding hydrogens is 312 g/mol. The van der Waals surface area contributed by atoms with Gasteiger partial charge in [0.25, 0.3) is 0 Å². The molecule has 0 radical (unpaired) electrons. The molecule has 0 aliphatic carbocycles. The number of rotatable bonds is 6. The number of piperidine rings is 1. The number of benzene rings is 1. The van der Waals surface area contributed by atoms with Crippen molar-refractivity contribution in [3.05, 3.63) is 66.0 Å². The predicted molar refractivity (Wildman–Crippen MR) is 100 cm³/mol. The highest BCUT2D eigenvalue weighted by Gasteiger charge is 2.24. The average molecular weight is 338 g/mol. The summed E-state index contributed by atoms with van der Waals surface area (Å²) in [5.41, 5.74) is 3.65. The number of carboxylic acid groups (broad SMARTS) is 1. The van der Waals surface area contributed by atoms with Crippen molar-refractivity contribution in [3.8, 4) is 0 Å². The van der Waals surface area contributed by atoms with E-state index in [1.165, 1.54) is 16.8 Å². The number of hydrogen-bond acceptors (Lipinski definition) is 2. The molecule has 132 valence electrons. The third-order valence-corrected chi connectivity index (χ3v) is 4.95. The van der Waals surface area contributed by atoms with Gasteiger partial charge >= 0.3 is 5.97 Å². The van der Waals surface area contributed by atoms with E-state index in [1.807, 2.05) is 6.07 Å². The summed E-state index contributed by atoms with van der Waals surface area (Å²) >= 11 is 0. The van der Waals surface area contributed by atoms with Gasteiger partial charge in [-0.2, -0.15) is 0 Å². The minimum absolute atomic E-state index is 0.209. The van der Waals surface area contributed by atoms with Crippen molar-refractivity contribution in [1.82, 2.24) is 9.47 Å². The molecule has 1 fully saturated rings. The summed E-state index contributed by atoms with van der Waals surface area (Å²) < 4.78 is 2.14. The monoisotopic (exact) mass is 338 g/mol. The van der Waals surface area contributed by atoms with Crippen molar-refractivity contribution in [2.75, 3.05) is 19.6 Å². The molecule has 1 atom stereocenters. The van der Waals surface area contributed by atoms with Gasteiger partial charge < -0.3 is 14.6 Å². The summed E-state index contributed by atoms with van der Waals surface area (Å²) in [5, 5.41) is 9.23. The SMILES string of the molecule is Cn1cccc1/C(=C/CCN1CCCC(C(=O)O)C1)c1ccccc1. The van der Waals surface area contributed by atoms with Crippen LogP contribution >= 0.6 is 0 Å². The zero-order valence-corrected chi connectivity index (χ0v) is 14.8. The molecule has 1 aromatic carbocycles. The number of aryl methyl sites for hydroxylation is 1. The second kappa shape index (κ2) is 8.17. The lowest BCUT2D eigenvalue weighted by molar-refractivity contribution is -0.143. The largest absolute Gasteiger partial charge is 0.481 e. The summed E-state index contributed by atoms with van der Waals surface area (Å²) in [4.78, 5) is 13.5. The van der Waals surface area contributed by atoms with Gasteiger partial charge in [-0.25, -0.2) is 0 Å². The van der Waals surface area contributed by atoms with E-state index in [2.05, 4.69) is 65.2 Å². The summed E-state index contributed by atoms with van der Waals surface area (Å²) in [6.45, 7) is 2.58. The maximum atomic E-state index is 11.2. The molecule has 3 rings (SSSR count). The normalized spacial score (nSPS) is 19.1. The molecule has 0 saturated carbocycles. The first-order valence-corrected chi connectivity index (χ1v) is 8.97. The molecule has 0 spiro atoms. The lowest BCUT2D eigenvalue weighted by Crippen LogP contribution is -2.39. The molecule has 1 aliphatic rings. The zero-order valence-electron chi connectivity index (χ0n) is 14.8. The second-order valence-corrected chi connectivity index (χ2v) is 6.75. The number of likely N-dealkylation sites (tertiary alicyclic amines) is 1. The van der Waals surface area contributed by atoms with Crippen LogP contribution in [0.25, 0.3) is 5.57 Å². The Bertz CT molecular complexity index is 733. The lowest BCUT2D eigenvalue weighted by atomic mass is 9.97. The van der Waals surface area contributed by atoms with Crippen molar-refractivity contribution in [2.24, 2.45) is 13.0 Å². The molecule has 1 unspecified atom stereocenters. The van der Waals surface area contributed by atoms with E-state index in [1.54, 1.807) is 0 Å². The Kier molecular flexibility index (Phi) is 5.71. The summed E-state index contributed by atoms with van der Waals surface area (Å²) in [7, 11) is 2.06. The molecule has 1 N–H and O–H groups in total. The van der Waals surface area contributed by atoms with Crippen LogP contribution in [-0.4, -0.2) is 40.2 Å². The molecule has 0 amide bonds. The zero-order chi connectivity index (χ0) is 17.6. The second-order valence-electron chi connectivity index (χ2n) is 6.75. The van der Waals surface area contributed by atoms with Gasteiger partial charge in [0.05, 0.1) is 5.92 Å². The molecule has 1 saturated heterocycles. The first kappa shape index (κ1) is 17.5. The number of carbonyl (C=O) groups is 1. The number of nitrogens with zero attached hydrogens (tertiary/aromatic N) is 2. The number of aliphatic carboxylic acids is 1. The maximum Gasteiger partial charge on any atom is 0.307 e. The highest BCUT2D eigenvalue weighted by Crippen LogP contribution is 2.24. The van der Waals surface area contributed by atoms with E-state index >= 15 is 0 Å². The molecule has 1 aliphatic heterocycles. The molecule has 0 bridgehead atoms. The molecule has 2 heterocycles. The average Bonchev–Trinajstić information content (AvgIpc) is 3.05. The van der Waals surface area contributed by atoms with Crippen LogP contribution in [0.4, 0.5) is 0 Å². The van der Waals surface area contributed by atoms with Crippen LogP contribution in [0.1, 0.15) is 30.5 Å². The molecule has 25 heavy (non-hydrogen) atoms. The third kappa shape index (κ3) is 4.40. The Balaban J connectivity index is 1.72. The van der Waals surface area contributed by atoms with Gasteiger partial charge in [-0.3, -0.25) is 4.79 Å². The van der Waals surface area contributed by atoms with Crippen LogP contribution in [0.5, 0.6) is 0 Å². The van der Waals surface area contributed by atoms with Crippen LogP contribution in [0.2, 0.25) is 0 Å². The van der Waals surface area contributed by atoms with Crippen LogP contribution in [0, 0.1) is 5.92 Å². The van der Waals surface area contributed by atoms with Gasteiger partial charge in [-0.15, -0.1) is 0 Å². The Morgan fingerprint density at radius 1 is 1.24 bits per heavy atom. The Labute approximate surface area is 149 Å². The molecular formula is C21H26N2O2. The summed E-state index contributed by atoms with van der Waals surface area (Å²) in [6.07, 6.45) is 7.05. The van der Waals surface area contributed by atoms with Gasteiger partial charge in [-0.1, -0.05) is 36.4 Å². The topological polar surface area (TPSA) is 45.5 Å². The quantitative estimate of drug-likeness (QED) is 0.874.